The lowest BCUT2D eigenvalue weighted by molar-refractivity contribution is -0.125. The Morgan fingerprint density at radius 1 is 1.38 bits per heavy atom. The van der Waals surface area contributed by atoms with Crippen molar-refractivity contribution in [2.45, 2.75) is 39.2 Å². The Morgan fingerprint density at radius 3 is 2.85 bits per heavy atom. The maximum atomic E-state index is 11.6. The van der Waals surface area contributed by atoms with Crippen LogP contribution in [-0.2, 0) is 9.53 Å². The quantitative estimate of drug-likeness (QED) is 0.704. The molecule has 1 heterocycles. The zero-order chi connectivity index (χ0) is 9.68. The van der Waals surface area contributed by atoms with Gasteiger partial charge in [-0.15, -0.1) is 0 Å². The zero-order valence-electron chi connectivity index (χ0n) is 8.51. The van der Waals surface area contributed by atoms with Gasteiger partial charge in [0.05, 0.1) is 0 Å². The summed E-state index contributed by atoms with van der Waals surface area (Å²) in [6.07, 6.45) is 2.85. The first-order valence-electron chi connectivity index (χ1n) is 5.08. The standard InChI is InChI=1S/C10H19NO2/c1-8(2)11-10(12)9-4-3-6-13-7-5-9/h8-9H,3-7H2,1-2H3,(H,11,12). The summed E-state index contributed by atoms with van der Waals surface area (Å²) in [6.45, 7) is 5.53. The van der Waals surface area contributed by atoms with Gasteiger partial charge in [0.15, 0.2) is 0 Å². The van der Waals surface area contributed by atoms with E-state index in [1.54, 1.807) is 0 Å². The number of hydrogen-bond acceptors (Lipinski definition) is 2. The van der Waals surface area contributed by atoms with Gasteiger partial charge in [-0.2, -0.15) is 0 Å². The molecule has 0 aliphatic carbocycles. The topological polar surface area (TPSA) is 38.3 Å². The summed E-state index contributed by atoms with van der Waals surface area (Å²) < 4.78 is 5.30. The van der Waals surface area contributed by atoms with E-state index in [1.807, 2.05) is 13.8 Å². The second kappa shape index (κ2) is 5.22. The highest BCUT2D eigenvalue weighted by atomic mass is 16.5. The smallest absolute Gasteiger partial charge is 0.223 e. The summed E-state index contributed by atoms with van der Waals surface area (Å²) in [5, 5.41) is 2.95. The van der Waals surface area contributed by atoms with E-state index in [2.05, 4.69) is 5.32 Å². The molecular formula is C10H19NO2. The van der Waals surface area contributed by atoms with Gasteiger partial charge in [0.2, 0.25) is 5.91 Å². The Labute approximate surface area is 79.8 Å². The maximum Gasteiger partial charge on any atom is 0.223 e. The molecule has 1 unspecified atom stereocenters. The lowest BCUT2D eigenvalue weighted by Gasteiger charge is -2.15. The molecule has 1 aliphatic heterocycles. The summed E-state index contributed by atoms with van der Waals surface area (Å²) in [5.74, 6) is 0.366. The number of carbonyl (C=O) groups excluding carboxylic acids is 1. The minimum Gasteiger partial charge on any atom is -0.381 e. The summed E-state index contributed by atoms with van der Waals surface area (Å²) in [5.41, 5.74) is 0. The highest BCUT2D eigenvalue weighted by molar-refractivity contribution is 5.78. The van der Waals surface area contributed by atoms with Crippen LogP contribution >= 0.6 is 0 Å². The van der Waals surface area contributed by atoms with Gasteiger partial charge in [-0.25, -0.2) is 0 Å². The number of ether oxygens (including phenoxy) is 1. The monoisotopic (exact) mass is 185 g/mol. The minimum atomic E-state index is 0.171. The molecule has 0 aromatic heterocycles. The summed E-state index contributed by atoms with van der Waals surface area (Å²) >= 11 is 0. The molecule has 0 bridgehead atoms. The van der Waals surface area contributed by atoms with E-state index >= 15 is 0 Å². The molecule has 13 heavy (non-hydrogen) atoms. The molecule has 3 nitrogen and oxygen atoms in total. The molecule has 1 atom stereocenters. The molecule has 0 aromatic carbocycles. The predicted molar refractivity (Wildman–Crippen MR) is 51.4 cm³/mol. The fraction of sp³-hybridized carbons (Fsp3) is 0.900. The van der Waals surface area contributed by atoms with Crippen molar-refractivity contribution in [1.29, 1.82) is 0 Å². The predicted octanol–water partition coefficient (Wildman–Crippen LogP) is 1.33. The Balaban J connectivity index is 2.35. The maximum absolute atomic E-state index is 11.6. The molecule has 1 rings (SSSR count). The zero-order valence-corrected chi connectivity index (χ0v) is 8.51. The van der Waals surface area contributed by atoms with Crippen LogP contribution < -0.4 is 5.32 Å². The second-order valence-corrected chi connectivity index (χ2v) is 3.90. The SMILES string of the molecule is CC(C)NC(=O)C1CCCOCC1. The van der Waals surface area contributed by atoms with E-state index in [0.29, 0.717) is 0 Å². The molecule has 1 saturated heterocycles. The van der Waals surface area contributed by atoms with E-state index in [4.69, 9.17) is 4.74 Å². The van der Waals surface area contributed by atoms with Crippen molar-refractivity contribution in [1.82, 2.24) is 5.32 Å². The Kier molecular flexibility index (Phi) is 4.22. The van der Waals surface area contributed by atoms with Crippen LogP contribution in [0.25, 0.3) is 0 Å². The van der Waals surface area contributed by atoms with Crippen LogP contribution in [0.5, 0.6) is 0 Å². The highest BCUT2D eigenvalue weighted by Crippen LogP contribution is 2.15. The number of rotatable bonds is 2. The normalized spacial score (nSPS) is 24.1. The first-order valence-corrected chi connectivity index (χ1v) is 5.08. The van der Waals surface area contributed by atoms with E-state index in [1.165, 1.54) is 0 Å². The van der Waals surface area contributed by atoms with Crippen molar-refractivity contribution in [2.75, 3.05) is 13.2 Å². The third kappa shape index (κ3) is 3.77. The Bertz CT molecular complexity index is 160. The molecule has 0 aromatic rings. The molecule has 0 saturated carbocycles. The molecule has 3 heteroatoms. The molecular weight excluding hydrogens is 166 g/mol. The van der Waals surface area contributed by atoms with Gasteiger partial charge in [0, 0.05) is 25.2 Å². The van der Waals surface area contributed by atoms with E-state index in [9.17, 15) is 4.79 Å². The van der Waals surface area contributed by atoms with Gasteiger partial charge in [-0.05, 0) is 33.1 Å². The average Bonchev–Trinajstić information content (AvgIpc) is 2.29. The third-order valence-electron chi connectivity index (χ3n) is 2.25. The number of nitrogens with one attached hydrogen (secondary N) is 1. The second-order valence-electron chi connectivity index (χ2n) is 3.90. The minimum absolute atomic E-state index is 0.171. The van der Waals surface area contributed by atoms with Crippen LogP contribution in [0.2, 0.25) is 0 Å². The van der Waals surface area contributed by atoms with Crippen molar-refractivity contribution in [2.24, 2.45) is 5.92 Å². The Morgan fingerprint density at radius 2 is 2.15 bits per heavy atom. The van der Waals surface area contributed by atoms with Crippen LogP contribution in [0.4, 0.5) is 0 Å². The first kappa shape index (κ1) is 10.5. The Hall–Kier alpha value is -0.570. The van der Waals surface area contributed by atoms with Crippen LogP contribution in [0.15, 0.2) is 0 Å². The molecule has 0 spiro atoms. The molecule has 0 radical (unpaired) electrons. The fourth-order valence-corrected chi connectivity index (χ4v) is 1.57. The number of carbonyl (C=O) groups is 1. The summed E-state index contributed by atoms with van der Waals surface area (Å²) in [6, 6.07) is 0.247. The molecule has 76 valence electrons. The summed E-state index contributed by atoms with van der Waals surface area (Å²) in [7, 11) is 0. The van der Waals surface area contributed by atoms with Crippen LogP contribution in [0, 0.1) is 5.92 Å². The van der Waals surface area contributed by atoms with Crippen molar-refractivity contribution in [3.8, 4) is 0 Å². The molecule has 1 amide bonds. The number of amides is 1. The largest absolute Gasteiger partial charge is 0.381 e. The van der Waals surface area contributed by atoms with Crippen LogP contribution in [-0.4, -0.2) is 25.2 Å². The van der Waals surface area contributed by atoms with Gasteiger partial charge in [-0.1, -0.05) is 0 Å². The summed E-state index contributed by atoms with van der Waals surface area (Å²) in [4.78, 5) is 11.6. The van der Waals surface area contributed by atoms with E-state index in [-0.39, 0.29) is 17.9 Å². The van der Waals surface area contributed by atoms with Crippen molar-refractivity contribution >= 4 is 5.91 Å². The molecule has 1 N–H and O–H groups in total. The van der Waals surface area contributed by atoms with Crippen molar-refractivity contribution in [3.05, 3.63) is 0 Å². The number of hydrogen-bond donors (Lipinski definition) is 1. The van der Waals surface area contributed by atoms with Crippen LogP contribution in [0.3, 0.4) is 0 Å². The van der Waals surface area contributed by atoms with Gasteiger partial charge in [0.1, 0.15) is 0 Å². The molecule has 1 fully saturated rings. The van der Waals surface area contributed by atoms with E-state index < -0.39 is 0 Å². The molecule has 1 aliphatic rings. The average molecular weight is 185 g/mol. The first-order chi connectivity index (χ1) is 6.20. The van der Waals surface area contributed by atoms with Gasteiger partial charge >= 0.3 is 0 Å². The third-order valence-corrected chi connectivity index (χ3v) is 2.25. The fourth-order valence-electron chi connectivity index (χ4n) is 1.57. The highest BCUT2D eigenvalue weighted by Gasteiger charge is 2.20. The van der Waals surface area contributed by atoms with Gasteiger partial charge < -0.3 is 10.1 Å². The van der Waals surface area contributed by atoms with Gasteiger partial charge in [0.25, 0.3) is 0 Å². The van der Waals surface area contributed by atoms with Crippen molar-refractivity contribution < 1.29 is 9.53 Å². The van der Waals surface area contributed by atoms with E-state index in [0.717, 1.165) is 32.5 Å². The lowest BCUT2D eigenvalue weighted by Crippen LogP contribution is -2.35. The van der Waals surface area contributed by atoms with Crippen molar-refractivity contribution in [3.63, 3.8) is 0 Å². The lowest BCUT2D eigenvalue weighted by atomic mass is 9.99. The van der Waals surface area contributed by atoms with Crippen LogP contribution in [0.1, 0.15) is 33.1 Å². The van der Waals surface area contributed by atoms with Gasteiger partial charge in [-0.3, -0.25) is 4.79 Å².